The SMILES string of the molecule is C[C@H]1C[C@@H](OC(=O)c2ccccc2)C[C@@H]2CCC(=O)C[C@@]21C. The first kappa shape index (κ1) is 15.3. The fourth-order valence-corrected chi connectivity index (χ4v) is 4.25. The van der Waals surface area contributed by atoms with Crippen LogP contribution in [-0.2, 0) is 9.53 Å². The molecule has 0 unspecified atom stereocenters. The fraction of sp³-hybridized carbons (Fsp3) is 0.579. The van der Waals surface area contributed by atoms with Crippen LogP contribution < -0.4 is 0 Å². The molecule has 3 rings (SSSR count). The summed E-state index contributed by atoms with van der Waals surface area (Å²) in [5, 5.41) is 0. The van der Waals surface area contributed by atoms with Crippen molar-refractivity contribution in [3.63, 3.8) is 0 Å². The zero-order valence-corrected chi connectivity index (χ0v) is 13.4. The third kappa shape index (κ3) is 2.81. The predicted octanol–water partition coefficient (Wildman–Crippen LogP) is 4.02. The van der Waals surface area contributed by atoms with Crippen molar-refractivity contribution in [2.24, 2.45) is 17.3 Å². The van der Waals surface area contributed by atoms with Crippen LogP contribution in [-0.4, -0.2) is 17.9 Å². The largest absolute Gasteiger partial charge is 0.459 e. The van der Waals surface area contributed by atoms with Gasteiger partial charge in [-0.2, -0.15) is 0 Å². The van der Waals surface area contributed by atoms with Gasteiger partial charge in [-0.05, 0) is 48.6 Å². The lowest BCUT2D eigenvalue weighted by Gasteiger charge is -2.50. The molecule has 4 atom stereocenters. The number of rotatable bonds is 2. The van der Waals surface area contributed by atoms with Crippen molar-refractivity contribution >= 4 is 11.8 Å². The minimum absolute atomic E-state index is 0.0195. The molecule has 0 aliphatic heterocycles. The molecule has 0 N–H and O–H groups in total. The summed E-state index contributed by atoms with van der Waals surface area (Å²) in [6.45, 7) is 4.45. The van der Waals surface area contributed by atoms with Gasteiger partial charge in [0.1, 0.15) is 11.9 Å². The van der Waals surface area contributed by atoms with Gasteiger partial charge in [0.05, 0.1) is 5.56 Å². The molecule has 2 fully saturated rings. The van der Waals surface area contributed by atoms with Gasteiger partial charge < -0.3 is 4.74 Å². The van der Waals surface area contributed by atoms with Crippen LogP contribution in [0, 0.1) is 17.3 Å². The number of fused-ring (bicyclic) bond motifs is 1. The van der Waals surface area contributed by atoms with E-state index < -0.39 is 0 Å². The lowest BCUT2D eigenvalue weighted by molar-refractivity contribution is -0.132. The summed E-state index contributed by atoms with van der Waals surface area (Å²) in [6, 6.07) is 9.17. The molecular formula is C19H24O3. The van der Waals surface area contributed by atoms with E-state index in [4.69, 9.17) is 4.74 Å². The van der Waals surface area contributed by atoms with Crippen LogP contribution in [0.5, 0.6) is 0 Å². The van der Waals surface area contributed by atoms with Gasteiger partial charge in [0.25, 0.3) is 0 Å². The van der Waals surface area contributed by atoms with Gasteiger partial charge >= 0.3 is 5.97 Å². The number of hydrogen-bond acceptors (Lipinski definition) is 3. The maximum atomic E-state index is 12.2. The highest BCUT2D eigenvalue weighted by atomic mass is 16.5. The molecular weight excluding hydrogens is 276 g/mol. The first-order chi connectivity index (χ1) is 10.5. The first-order valence-electron chi connectivity index (χ1n) is 8.27. The van der Waals surface area contributed by atoms with E-state index in [1.54, 1.807) is 12.1 Å². The molecule has 0 radical (unpaired) electrons. The number of Topliss-reactive ketones (excluding diaryl/α,β-unsaturated/α-hetero) is 1. The van der Waals surface area contributed by atoms with E-state index in [9.17, 15) is 9.59 Å². The van der Waals surface area contributed by atoms with Gasteiger partial charge in [-0.15, -0.1) is 0 Å². The van der Waals surface area contributed by atoms with Crippen LogP contribution in [0.25, 0.3) is 0 Å². The first-order valence-corrected chi connectivity index (χ1v) is 8.27. The highest BCUT2D eigenvalue weighted by Crippen LogP contribution is 2.52. The van der Waals surface area contributed by atoms with Gasteiger partial charge in [-0.25, -0.2) is 4.79 Å². The van der Waals surface area contributed by atoms with Crippen molar-refractivity contribution in [2.45, 2.75) is 52.1 Å². The highest BCUT2D eigenvalue weighted by molar-refractivity contribution is 5.89. The lowest BCUT2D eigenvalue weighted by Crippen LogP contribution is -2.47. The molecule has 118 valence electrons. The second-order valence-electron chi connectivity index (χ2n) is 7.22. The third-order valence-corrected chi connectivity index (χ3v) is 5.86. The Bertz CT molecular complexity index is 565. The van der Waals surface area contributed by atoms with E-state index in [1.807, 2.05) is 18.2 Å². The van der Waals surface area contributed by atoms with Gasteiger partial charge in [-0.1, -0.05) is 32.0 Å². The van der Waals surface area contributed by atoms with E-state index in [0.29, 0.717) is 36.0 Å². The Labute approximate surface area is 132 Å². The van der Waals surface area contributed by atoms with E-state index in [1.165, 1.54) is 0 Å². The monoisotopic (exact) mass is 300 g/mol. The second-order valence-corrected chi connectivity index (χ2v) is 7.22. The van der Waals surface area contributed by atoms with Gasteiger partial charge in [0, 0.05) is 12.8 Å². The van der Waals surface area contributed by atoms with Crippen molar-refractivity contribution in [1.82, 2.24) is 0 Å². The van der Waals surface area contributed by atoms with Crippen molar-refractivity contribution in [3.05, 3.63) is 35.9 Å². The maximum Gasteiger partial charge on any atom is 0.338 e. The number of carbonyl (C=O) groups is 2. The second kappa shape index (κ2) is 5.86. The Kier molecular flexibility index (Phi) is 4.07. The quantitative estimate of drug-likeness (QED) is 0.775. The van der Waals surface area contributed by atoms with Crippen molar-refractivity contribution in [2.75, 3.05) is 0 Å². The molecule has 2 aliphatic rings. The Hall–Kier alpha value is -1.64. The van der Waals surface area contributed by atoms with Crippen LogP contribution >= 0.6 is 0 Å². The molecule has 0 heterocycles. The van der Waals surface area contributed by atoms with Gasteiger partial charge in [-0.3, -0.25) is 4.79 Å². The molecule has 22 heavy (non-hydrogen) atoms. The lowest BCUT2D eigenvalue weighted by atomic mass is 9.55. The molecule has 0 aromatic heterocycles. The topological polar surface area (TPSA) is 43.4 Å². The van der Waals surface area contributed by atoms with Gasteiger partial charge in [0.15, 0.2) is 0 Å². The van der Waals surface area contributed by atoms with Crippen LogP contribution in [0.3, 0.4) is 0 Å². The number of hydrogen-bond donors (Lipinski definition) is 0. The van der Waals surface area contributed by atoms with Gasteiger partial charge in [0.2, 0.25) is 0 Å². The Morgan fingerprint density at radius 2 is 1.95 bits per heavy atom. The van der Waals surface area contributed by atoms with Crippen molar-refractivity contribution in [3.8, 4) is 0 Å². The number of carbonyl (C=O) groups excluding carboxylic acids is 2. The molecule has 0 bridgehead atoms. The molecule has 1 aromatic rings. The van der Waals surface area contributed by atoms with E-state index in [2.05, 4.69) is 13.8 Å². The van der Waals surface area contributed by atoms with E-state index in [-0.39, 0.29) is 17.5 Å². The Balaban J connectivity index is 1.68. The molecule has 3 nitrogen and oxygen atoms in total. The summed E-state index contributed by atoms with van der Waals surface area (Å²) in [5.74, 6) is 1.06. The number of esters is 1. The predicted molar refractivity (Wildman–Crippen MR) is 84.5 cm³/mol. The minimum Gasteiger partial charge on any atom is -0.459 e. The summed E-state index contributed by atoms with van der Waals surface area (Å²) in [4.78, 5) is 24.1. The zero-order chi connectivity index (χ0) is 15.7. The summed E-state index contributed by atoms with van der Waals surface area (Å²) < 4.78 is 5.74. The maximum absolute atomic E-state index is 12.2. The molecule has 2 saturated carbocycles. The molecule has 0 saturated heterocycles. The standard InChI is InChI=1S/C19H24O3/c1-13-10-17(22-18(21)14-6-4-3-5-7-14)11-15-8-9-16(20)12-19(13,15)2/h3-7,13,15,17H,8-12H2,1-2H3/t13-,15-,17+,19+/m0/s1. The molecule has 3 heteroatoms. The van der Waals surface area contributed by atoms with Crippen LogP contribution in [0.15, 0.2) is 30.3 Å². The molecule has 0 spiro atoms. The number of benzene rings is 1. The minimum atomic E-state index is -0.228. The highest BCUT2D eigenvalue weighted by Gasteiger charge is 2.48. The van der Waals surface area contributed by atoms with Crippen molar-refractivity contribution in [1.29, 1.82) is 0 Å². The van der Waals surface area contributed by atoms with Crippen LogP contribution in [0.1, 0.15) is 56.3 Å². The number of ether oxygens (including phenoxy) is 1. The summed E-state index contributed by atoms with van der Waals surface area (Å²) in [5.41, 5.74) is 0.702. The third-order valence-electron chi connectivity index (χ3n) is 5.86. The van der Waals surface area contributed by atoms with Crippen LogP contribution in [0.2, 0.25) is 0 Å². The number of ketones is 1. The summed E-state index contributed by atoms with van der Waals surface area (Å²) in [7, 11) is 0. The zero-order valence-electron chi connectivity index (χ0n) is 13.4. The Morgan fingerprint density at radius 1 is 1.23 bits per heavy atom. The molecule has 0 amide bonds. The molecule has 2 aliphatic carbocycles. The summed E-state index contributed by atoms with van der Waals surface area (Å²) in [6.07, 6.45) is 4.06. The average Bonchev–Trinajstić information content (AvgIpc) is 2.50. The smallest absolute Gasteiger partial charge is 0.338 e. The fourth-order valence-electron chi connectivity index (χ4n) is 4.25. The van der Waals surface area contributed by atoms with E-state index >= 15 is 0 Å². The Morgan fingerprint density at radius 3 is 2.68 bits per heavy atom. The normalized spacial score (nSPS) is 34.8. The average molecular weight is 300 g/mol. The molecule has 1 aromatic carbocycles. The summed E-state index contributed by atoms with van der Waals surface area (Å²) >= 11 is 0. The van der Waals surface area contributed by atoms with Crippen LogP contribution in [0.4, 0.5) is 0 Å². The van der Waals surface area contributed by atoms with E-state index in [0.717, 1.165) is 19.3 Å². The van der Waals surface area contributed by atoms with Crippen molar-refractivity contribution < 1.29 is 14.3 Å².